The molecule has 1 unspecified atom stereocenters. The summed E-state index contributed by atoms with van der Waals surface area (Å²) in [7, 11) is 0. The molecule has 0 aliphatic carbocycles. The molecule has 2 aliphatic heterocycles. The zero-order valence-electron chi connectivity index (χ0n) is 19.3. The van der Waals surface area contributed by atoms with Crippen molar-refractivity contribution in [1.29, 1.82) is 0 Å². The first-order valence-electron chi connectivity index (χ1n) is 11.5. The van der Waals surface area contributed by atoms with Gasteiger partial charge in [0.15, 0.2) is 0 Å². The number of ether oxygens (including phenoxy) is 2. The third kappa shape index (κ3) is 7.08. The van der Waals surface area contributed by atoms with Gasteiger partial charge in [0, 0.05) is 38.4 Å². The van der Waals surface area contributed by atoms with Crippen LogP contribution in [-0.2, 0) is 16.0 Å². The van der Waals surface area contributed by atoms with Crippen molar-refractivity contribution < 1.29 is 19.1 Å². The minimum absolute atomic E-state index is 0.0702. The minimum atomic E-state index is -0.486. The molecule has 0 aromatic carbocycles. The smallest absolute Gasteiger partial charge is 0.410 e. The van der Waals surface area contributed by atoms with Gasteiger partial charge < -0.3 is 19.3 Å². The number of hydrogen-bond acceptors (Lipinski definition) is 6. The third-order valence-electron chi connectivity index (χ3n) is 5.82. The van der Waals surface area contributed by atoms with Crippen molar-refractivity contribution in [2.24, 2.45) is 5.92 Å². The maximum Gasteiger partial charge on any atom is 0.410 e. The van der Waals surface area contributed by atoms with Gasteiger partial charge in [-0.25, -0.2) is 14.8 Å². The van der Waals surface area contributed by atoms with Gasteiger partial charge in [0.05, 0.1) is 6.54 Å². The molecule has 1 atom stereocenters. The number of amides is 2. The van der Waals surface area contributed by atoms with Crippen LogP contribution in [0.1, 0.15) is 65.4 Å². The molecule has 1 aromatic rings. The second-order valence-electron chi connectivity index (χ2n) is 9.56. The molecular weight excluding hydrogens is 396 g/mol. The second-order valence-corrected chi connectivity index (χ2v) is 9.56. The number of nitrogens with zero attached hydrogens (tertiary/aromatic N) is 4. The molecule has 3 rings (SSSR count). The first-order chi connectivity index (χ1) is 14.7. The summed E-state index contributed by atoms with van der Waals surface area (Å²) >= 11 is 0. The summed E-state index contributed by atoms with van der Waals surface area (Å²) < 4.78 is 11.4. The molecule has 0 saturated carbocycles. The van der Waals surface area contributed by atoms with E-state index in [2.05, 4.69) is 16.9 Å². The quantitative estimate of drug-likeness (QED) is 0.709. The molecule has 3 heterocycles. The summed E-state index contributed by atoms with van der Waals surface area (Å²) in [6.07, 6.45) is 8.14. The maximum absolute atomic E-state index is 12.9. The van der Waals surface area contributed by atoms with Crippen LogP contribution in [-0.4, -0.2) is 69.7 Å². The van der Waals surface area contributed by atoms with Crippen LogP contribution in [0.5, 0.6) is 6.01 Å². The fraction of sp³-hybridized carbons (Fsp3) is 0.739. The number of rotatable bonds is 5. The summed E-state index contributed by atoms with van der Waals surface area (Å²) in [6, 6.07) is 0.381. The molecule has 0 radical (unpaired) electrons. The Bertz CT molecular complexity index is 739. The first kappa shape index (κ1) is 23.3. The molecule has 2 aliphatic rings. The van der Waals surface area contributed by atoms with Gasteiger partial charge in [-0.1, -0.05) is 6.92 Å². The van der Waals surface area contributed by atoms with Crippen LogP contribution >= 0.6 is 0 Å². The van der Waals surface area contributed by atoms with Crippen molar-refractivity contribution in [2.45, 2.75) is 77.9 Å². The van der Waals surface area contributed by atoms with E-state index in [4.69, 9.17) is 9.47 Å². The highest BCUT2D eigenvalue weighted by Crippen LogP contribution is 2.24. The lowest BCUT2D eigenvalue weighted by atomic mass is 9.92. The van der Waals surface area contributed by atoms with Crippen LogP contribution in [0.15, 0.2) is 12.4 Å². The molecule has 0 spiro atoms. The summed E-state index contributed by atoms with van der Waals surface area (Å²) in [4.78, 5) is 37.3. The van der Waals surface area contributed by atoms with Crippen LogP contribution in [0.4, 0.5) is 4.79 Å². The van der Waals surface area contributed by atoms with Gasteiger partial charge in [0.2, 0.25) is 5.91 Å². The van der Waals surface area contributed by atoms with Crippen LogP contribution < -0.4 is 4.74 Å². The number of carbonyl (C=O) groups excluding carboxylic acids is 2. The van der Waals surface area contributed by atoms with Gasteiger partial charge >= 0.3 is 12.1 Å². The number of hydrogen-bond donors (Lipinski definition) is 0. The third-order valence-corrected chi connectivity index (χ3v) is 5.82. The molecule has 0 bridgehead atoms. The van der Waals surface area contributed by atoms with Gasteiger partial charge in [-0.15, -0.1) is 0 Å². The van der Waals surface area contributed by atoms with Crippen molar-refractivity contribution in [2.75, 3.05) is 26.2 Å². The van der Waals surface area contributed by atoms with Gasteiger partial charge in [-0.05, 0) is 64.4 Å². The Kier molecular flexibility index (Phi) is 7.73. The van der Waals surface area contributed by atoms with E-state index in [0.717, 1.165) is 44.2 Å². The molecule has 2 amide bonds. The van der Waals surface area contributed by atoms with Gasteiger partial charge in [-0.3, -0.25) is 4.79 Å². The van der Waals surface area contributed by atoms with E-state index in [-0.39, 0.29) is 18.1 Å². The van der Waals surface area contributed by atoms with E-state index in [1.807, 2.05) is 25.7 Å². The first-order valence-corrected chi connectivity index (χ1v) is 11.5. The average molecular weight is 433 g/mol. The SMILES string of the molecule is CCc1cnc(OC2CCCN(C(=O)CC3CCN(C(=O)OC(C)(C)C)CC3)C2)nc1. The monoisotopic (exact) mass is 432 g/mol. The molecule has 31 heavy (non-hydrogen) atoms. The number of aromatic nitrogens is 2. The van der Waals surface area contributed by atoms with Crippen LogP contribution in [0.3, 0.4) is 0 Å². The topological polar surface area (TPSA) is 84.9 Å². The van der Waals surface area contributed by atoms with Gasteiger partial charge in [0.25, 0.3) is 0 Å². The Morgan fingerprint density at radius 3 is 2.35 bits per heavy atom. The summed E-state index contributed by atoms with van der Waals surface area (Å²) in [5.41, 5.74) is 0.588. The van der Waals surface area contributed by atoms with E-state index in [1.165, 1.54) is 0 Å². The summed E-state index contributed by atoms with van der Waals surface area (Å²) in [6.45, 7) is 10.3. The highest BCUT2D eigenvalue weighted by Gasteiger charge is 2.30. The van der Waals surface area contributed by atoms with E-state index >= 15 is 0 Å². The fourth-order valence-electron chi connectivity index (χ4n) is 4.02. The molecule has 2 saturated heterocycles. The van der Waals surface area contributed by atoms with Gasteiger partial charge in [0.1, 0.15) is 11.7 Å². The lowest BCUT2D eigenvalue weighted by molar-refractivity contribution is -0.135. The van der Waals surface area contributed by atoms with Crippen LogP contribution in [0, 0.1) is 5.92 Å². The Balaban J connectivity index is 1.43. The number of carbonyl (C=O) groups is 2. The minimum Gasteiger partial charge on any atom is -0.458 e. The molecular formula is C23H36N4O4. The van der Waals surface area contributed by atoms with E-state index < -0.39 is 5.60 Å². The van der Waals surface area contributed by atoms with E-state index in [1.54, 1.807) is 17.3 Å². The van der Waals surface area contributed by atoms with Crippen LogP contribution in [0.25, 0.3) is 0 Å². The zero-order valence-corrected chi connectivity index (χ0v) is 19.3. The van der Waals surface area contributed by atoms with Crippen molar-refractivity contribution in [3.8, 4) is 6.01 Å². The predicted molar refractivity (Wildman–Crippen MR) is 117 cm³/mol. The van der Waals surface area contributed by atoms with Gasteiger partial charge in [-0.2, -0.15) is 0 Å². The zero-order chi connectivity index (χ0) is 22.4. The Morgan fingerprint density at radius 2 is 1.74 bits per heavy atom. The molecule has 0 N–H and O–H groups in total. The van der Waals surface area contributed by atoms with Crippen LogP contribution in [0.2, 0.25) is 0 Å². The Labute approximate surface area is 185 Å². The Morgan fingerprint density at radius 1 is 1.06 bits per heavy atom. The van der Waals surface area contributed by atoms with E-state index in [0.29, 0.717) is 38.0 Å². The molecule has 1 aromatic heterocycles. The lowest BCUT2D eigenvalue weighted by Gasteiger charge is -2.35. The molecule has 2 fully saturated rings. The molecule has 8 nitrogen and oxygen atoms in total. The highest BCUT2D eigenvalue weighted by molar-refractivity contribution is 5.76. The average Bonchev–Trinajstić information content (AvgIpc) is 2.74. The van der Waals surface area contributed by atoms with Crippen molar-refractivity contribution >= 4 is 12.0 Å². The number of aryl methyl sites for hydroxylation is 1. The maximum atomic E-state index is 12.9. The molecule has 8 heteroatoms. The largest absolute Gasteiger partial charge is 0.458 e. The highest BCUT2D eigenvalue weighted by atomic mass is 16.6. The van der Waals surface area contributed by atoms with Crippen molar-refractivity contribution in [3.05, 3.63) is 18.0 Å². The van der Waals surface area contributed by atoms with E-state index in [9.17, 15) is 9.59 Å². The lowest BCUT2D eigenvalue weighted by Crippen LogP contribution is -2.46. The standard InChI is InChI=1S/C23H36N4O4/c1-5-17-14-24-21(25-15-17)30-19-7-6-10-27(16-19)20(28)13-18-8-11-26(12-9-18)22(29)31-23(2,3)4/h14-15,18-19H,5-13,16H2,1-4H3. The number of piperidine rings is 2. The van der Waals surface area contributed by atoms with Crippen molar-refractivity contribution in [3.63, 3.8) is 0 Å². The fourth-order valence-corrected chi connectivity index (χ4v) is 4.02. The summed E-state index contributed by atoms with van der Waals surface area (Å²) in [5, 5.41) is 0. The normalized spacial score (nSPS) is 20.5. The summed E-state index contributed by atoms with van der Waals surface area (Å²) in [5.74, 6) is 0.476. The van der Waals surface area contributed by atoms with Crippen molar-refractivity contribution in [1.82, 2.24) is 19.8 Å². The number of likely N-dealkylation sites (tertiary alicyclic amines) is 2. The second kappa shape index (κ2) is 10.3. The predicted octanol–water partition coefficient (Wildman–Crippen LogP) is 3.45. The molecule has 172 valence electrons. The Hall–Kier alpha value is -2.38.